The molecular weight excluding hydrogens is 361 g/mol. The number of nitrogens with zero attached hydrogens (tertiary/aromatic N) is 2. The van der Waals surface area contributed by atoms with Gasteiger partial charge in [0.2, 0.25) is 5.91 Å². The van der Waals surface area contributed by atoms with Crippen molar-refractivity contribution in [3.8, 4) is 0 Å². The number of hydrogen-bond donors (Lipinski definition) is 2. The van der Waals surface area contributed by atoms with Gasteiger partial charge in [-0.1, -0.05) is 37.0 Å². The normalized spacial score (nSPS) is 10.9. The largest absolute Gasteiger partial charge is 0.387 e. The van der Waals surface area contributed by atoms with E-state index >= 15 is 0 Å². The topological polar surface area (TPSA) is 67.2 Å². The van der Waals surface area contributed by atoms with Gasteiger partial charge in [-0.15, -0.1) is 0 Å². The highest BCUT2D eigenvalue weighted by atomic mass is 35.5. The maximum Gasteiger partial charge on any atom is 0.245 e. The zero-order valence-electron chi connectivity index (χ0n) is 14.5. The Labute approximate surface area is 157 Å². The van der Waals surface area contributed by atoms with Crippen molar-refractivity contribution in [2.24, 2.45) is 0 Å². The molecule has 1 heterocycles. The molecule has 136 valence electrons. The van der Waals surface area contributed by atoms with Crippen LogP contribution in [0.4, 0.5) is 0 Å². The third-order valence-corrected chi connectivity index (χ3v) is 4.45. The molecule has 5 nitrogen and oxygen atoms in total. The second kappa shape index (κ2) is 9.22. The number of nitrogens with one attached hydrogen (secondary N) is 1. The second-order valence-corrected chi connectivity index (χ2v) is 6.64. The van der Waals surface area contributed by atoms with Crippen molar-refractivity contribution in [3.63, 3.8) is 0 Å². The molecule has 0 aliphatic carbocycles. The number of aliphatic hydroxyl groups excluding tert-OH is 1. The van der Waals surface area contributed by atoms with Crippen molar-refractivity contribution in [2.75, 3.05) is 13.2 Å². The number of aromatic nitrogens is 2. The van der Waals surface area contributed by atoms with E-state index in [1.807, 2.05) is 16.8 Å². The van der Waals surface area contributed by atoms with E-state index in [0.29, 0.717) is 23.1 Å². The first kappa shape index (κ1) is 19.8. The van der Waals surface area contributed by atoms with Crippen molar-refractivity contribution in [2.45, 2.75) is 39.7 Å². The third-order valence-electron chi connectivity index (χ3n) is 4.01. The molecular formula is C18H23Cl2N3O2. The maximum atomic E-state index is 11.2. The number of hydrogen-bond acceptors (Lipinski definition) is 3. The van der Waals surface area contributed by atoms with Gasteiger partial charge in [-0.3, -0.25) is 9.48 Å². The number of benzene rings is 1. The Balaban J connectivity index is 2.25. The Kier molecular flexibility index (Phi) is 7.29. The number of halogens is 2. The van der Waals surface area contributed by atoms with Crippen molar-refractivity contribution >= 4 is 29.1 Å². The Morgan fingerprint density at radius 2 is 1.88 bits per heavy atom. The second-order valence-electron chi connectivity index (χ2n) is 5.76. The minimum Gasteiger partial charge on any atom is -0.387 e. The SMILES string of the molecule is CCc1nn(CCNC(=O)CO)c(CC)c1Cc1cc(Cl)cc(Cl)c1. The summed E-state index contributed by atoms with van der Waals surface area (Å²) in [5, 5.41) is 17.4. The zero-order chi connectivity index (χ0) is 18.4. The van der Waals surface area contributed by atoms with Crippen molar-refractivity contribution in [1.82, 2.24) is 15.1 Å². The first-order valence-corrected chi connectivity index (χ1v) is 9.14. The summed E-state index contributed by atoms with van der Waals surface area (Å²) >= 11 is 12.2. The molecule has 0 saturated carbocycles. The highest BCUT2D eigenvalue weighted by Crippen LogP contribution is 2.25. The zero-order valence-corrected chi connectivity index (χ0v) is 16.0. The minimum absolute atomic E-state index is 0.380. The molecule has 1 aromatic heterocycles. The average Bonchev–Trinajstić information content (AvgIpc) is 2.90. The lowest BCUT2D eigenvalue weighted by Crippen LogP contribution is -2.30. The molecule has 0 fully saturated rings. The lowest BCUT2D eigenvalue weighted by atomic mass is 10.0. The van der Waals surface area contributed by atoms with Crippen LogP contribution in [0.3, 0.4) is 0 Å². The summed E-state index contributed by atoms with van der Waals surface area (Å²) in [5.41, 5.74) is 4.43. The molecule has 0 aliphatic heterocycles. The van der Waals surface area contributed by atoms with Gasteiger partial charge in [0.05, 0.1) is 12.2 Å². The lowest BCUT2D eigenvalue weighted by molar-refractivity contribution is -0.123. The van der Waals surface area contributed by atoms with Crippen LogP contribution in [0.15, 0.2) is 18.2 Å². The number of amides is 1. The van der Waals surface area contributed by atoms with Gasteiger partial charge < -0.3 is 10.4 Å². The molecule has 7 heteroatoms. The fraction of sp³-hybridized carbons (Fsp3) is 0.444. The molecule has 1 amide bonds. The Hall–Kier alpha value is -1.56. The molecule has 0 aliphatic rings. The summed E-state index contributed by atoms with van der Waals surface area (Å²) in [6.07, 6.45) is 2.38. The van der Waals surface area contributed by atoms with Gasteiger partial charge in [-0.05, 0) is 36.6 Å². The summed E-state index contributed by atoms with van der Waals surface area (Å²) in [5.74, 6) is -0.380. The fourth-order valence-corrected chi connectivity index (χ4v) is 3.50. The Bertz CT molecular complexity index is 724. The quantitative estimate of drug-likeness (QED) is 0.735. The van der Waals surface area contributed by atoms with E-state index in [2.05, 4.69) is 19.2 Å². The summed E-state index contributed by atoms with van der Waals surface area (Å²) in [6.45, 7) is 4.67. The lowest BCUT2D eigenvalue weighted by Gasteiger charge is -2.09. The van der Waals surface area contributed by atoms with Crippen LogP contribution in [0.5, 0.6) is 0 Å². The van der Waals surface area contributed by atoms with E-state index in [4.69, 9.17) is 33.4 Å². The molecule has 0 saturated heterocycles. The van der Waals surface area contributed by atoms with Crippen LogP contribution in [0, 0.1) is 0 Å². The van der Waals surface area contributed by atoms with Crippen molar-refractivity contribution in [1.29, 1.82) is 0 Å². The van der Waals surface area contributed by atoms with Gasteiger partial charge in [0.25, 0.3) is 0 Å². The molecule has 2 aromatic rings. The van der Waals surface area contributed by atoms with Crippen LogP contribution < -0.4 is 5.32 Å². The van der Waals surface area contributed by atoms with E-state index in [9.17, 15) is 4.79 Å². The van der Waals surface area contributed by atoms with Gasteiger partial charge in [0.15, 0.2) is 0 Å². The summed E-state index contributed by atoms with van der Waals surface area (Å²) in [4.78, 5) is 11.2. The molecule has 25 heavy (non-hydrogen) atoms. The number of carbonyl (C=O) groups excluding carboxylic acids is 1. The Morgan fingerprint density at radius 1 is 1.20 bits per heavy atom. The van der Waals surface area contributed by atoms with Crippen LogP contribution in [-0.4, -0.2) is 33.9 Å². The van der Waals surface area contributed by atoms with Crippen LogP contribution in [0.2, 0.25) is 10.0 Å². The standard InChI is InChI=1S/C18H23Cl2N3O2/c1-3-16-15(9-12-7-13(19)10-14(20)8-12)17(4-2)23(22-16)6-5-21-18(25)11-24/h7-8,10,24H,3-6,9,11H2,1-2H3,(H,21,25). The fourth-order valence-electron chi connectivity index (χ4n) is 2.93. The average molecular weight is 384 g/mol. The van der Waals surface area contributed by atoms with Crippen LogP contribution >= 0.6 is 23.2 Å². The smallest absolute Gasteiger partial charge is 0.245 e. The van der Waals surface area contributed by atoms with E-state index in [0.717, 1.165) is 36.2 Å². The number of carbonyl (C=O) groups is 1. The molecule has 2 N–H and O–H groups in total. The molecule has 0 bridgehead atoms. The number of rotatable bonds is 8. The third kappa shape index (κ3) is 5.21. The highest BCUT2D eigenvalue weighted by Gasteiger charge is 2.16. The Morgan fingerprint density at radius 3 is 2.44 bits per heavy atom. The minimum atomic E-state index is -0.499. The summed E-state index contributed by atoms with van der Waals surface area (Å²) in [6, 6.07) is 5.57. The molecule has 0 atom stereocenters. The molecule has 2 rings (SSSR count). The van der Waals surface area contributed by atoms with E-state index in [1.54, 1.807) is 6.07 Å². The summed E-state index contributed by atoms with van der Waals surface area (Å²) < 4.78 is 1.94. The molecule has 0 unspecified atom stereocenters. The first-order valence-electron chi connectivity index (χ1n) is 8.38. The van der Waals surface area contributed by atoms with Crippen LogP contribution in [0.1, 0.15) is 36.4 Å². The maximum absolute atomic E-state index is 11.2. The molecule has 0 radical (unpaired) electrons. The van der Waals surface area contributed by atoms with E-state index < -0.39 is 6.61 Å². The van der Waals surface area contributed by atoms with Gasteiger partial charge >= 0.3 is 0 Å². The predicted octanol–water partition coefficient (Wildman–Crippen LogP) is 3.01. The monoisotopic (exact) mass is 383 g/mol. The molecule has 0 spiro atoms. The van der Waals surface area contributed by atoms with Crippen molar-refractivity contribution in [3.05, 3.63) is 50.8 Å². The van der Waals surface area contributed by atoms with E-state index in [1.165, 1.54) is 5.56 Å². The van der Waals surface area contributed by atoms with Crippen molar-refractivity contribution < 1.29 is 9.90 Å². The van der Waals surface area contributed by atoms with E-state index in [-0.39, 0.29) is 5.91 Å². The van der Waals surface area contributed by atoms with Gasteiger partial charge in [-0.25, -0.2) is 0 Å². The van der Waals surface area contributed by atoms with Gasteiger partial charge in [0, 0.05) is 34.3 Å². The summed E-state index contributed by atoms with van der Waals surface area (Å²) in [7, 11) is 0. The number of aliphatic hydroxyl groups is 1. The van der Waals surface area contributed by atoms with Gasteiger partial charge in [-0.2, -0.15) is 5.10 Å². The highest BCUT2D eigenvalue weighted by molar-refractivity contribution is 6.34. The van der Waals surface area contributed by atoms with Crippen LogP contribution in [-0.2, 0) is 30.6 Å². The van der Waals surface area contributed by atoms with Gasteiger partial charge in [0.1, 0.15) is 6.61 Å². The predicted molar refractivity (Wildman–Crippen MR) is 100 cm³/mol. The van der Waals surface area contributed by atoms with Crippen LogP contribution in [0.25, 0.3) is 0 Å². The first-order chi connectivity index (χ1) is 12.0. The molecule has 1 aromatic carbocycles. The number of aryl methyl sites for hydroxylation is 1.